The van der Waals surface area contributed by atoms with Crippen LogP contribution < -0.4 is 10.1 Å². The summed E-state index contributed by atoms with van der Waals surface area (Å²) in [6.07, 6.45) is 11.5. The molecule has 30 heavy (non-hydrogen) atoms. The molecule has 4 rings (SSSR count). The first kappa shape index (κ1) is 20.6. The molecule has 2 aliphatic rings. The lowest BCUT2D eigenvalue weighted by atomic mass is 9.76. The van der Waals surface area contributed by atoms with E-state index in [1.54, 1.807) is 0 Å². The minimum atomic E-state index is -0.687. The van der Waals surface area contributed by atoms with Crippen molar-refractivity contribution >= 4 is 5.82 Å². The average Bonchev–Trinajstić information content (AvgIpc) is 2.77. The van der Waals surface area contributed by atoms with Gasteiger partial charge in [0.05, 0.1) is 11.6 Å². The number of aromatic nitrogens is 2. The topological polar surface area (TPSA) is 76.5 Å². The second kappa shape index (κ2) is 8.63. The lowest BCUT2D eigenvalue weighted by Crippen LogP contribution is -2.53. The third-order valence-corrected chi connectivity index (χ3v) is 6.20. The highest BCUT2D eigenvalue weighted by molar-refractivity contribution is 5.74. The van der Waals surface area contributed by atoms with Gasteiger partial charge >= 0.3 is 0 Å². The van der Waals surface area contributed by atoms with Crippen molar-refractivity contribution in [3.05, 3.63) is 34.9 Å². The molecule has 0 amide bonds. The predicted molar refractivity (Wildman–Crippen MR) is 116 cm³/mol. The van der Waals surface area contributed by atoms with E-state index in [-0.39, 0.29) is 12.8 Å². The highest BCUT2D eigenvalue weighted by Gasteiger charge is 2.41. The number of hydrogen-bond acceptors (Lipinski definition) is 6. The summed E-state index contributed by atoms with van der Waals surface area (Å²) >= 11 is 0. The Kier molecular flexibility index (Phi) is 5.94. The SMILES string of the molecule is C#Cc1ccc(-c2nnc(NC3CCC3(C)O)c3c2CCCC3)c(OCOCC)c1. The van der Waals surface area contributed by atoms with Gasteiger partial charge in [0, 0.05) is 23.3 Å². The summed E-state index contributed by atoms with van der Waals surface area (Å²) in [6.45, 7) is 4.53. The van der Waals surface area contributed by atoms with Gasteiger partial charge < -0.3 is 19.9 Å². The van der Waals surface area contributed by atoms with Crippen molar-refractivity contribution in [2.45, 2.75) is 64.0 Å². The maximum absolute atomic E-state index is 10.4. The molecular weight excluding hydrogens is 378 g/mol. The maximum Gasteiger partial charge on any atom is 0.189 e. The zero-order valence-corrected chi connectivity index (χ0v) is 17.7. The molecule has 6 heteroatoms. The second-order valence-electron chi connectivity index (χ2n) is 8.26. The summed E-state index contributed by atoms with van der Waals surface area (Å²) in [5.74, 6) is 4.12. The van der Waals surface area contributed by atoms with Gasteiger partial charge in [0.25, 0.3) is 0 Å². The number of nitrogens with one attached hydrogen (secondary N) is 1. The summed E-state index contributed by atoms with van der Waals surface area (Å²) in [5.41, 5.74) is 4.18. The van der Waals surface area contributed by atoms with Gasteiger partial charge in [-0.05, 0) is 76.1 Å². The fourth-order valence-electron chi connectivity index (χ4n) is 4.20. The van der Waals surface area contributed by atoms with Crippen LogP contribution in [0.5, 0.6) is 5.75 Å². The van der Waals surface area contributed by atoms with Crippen LogP contribution in [0.15, 0.2) is 18.2 Å². The van der Waals surface area contributed by atoms with Crippen LogP contribution in [-0.4, -0.2) is 40.3 Å². The highest BCUT2D eigenvalue weighted by atomic mass is 16.7. The average molecular weight is 408 g/mol. The lowest BCUT2D eigenvalue weighted by Gasteiger charge is -2.43. The largest absolute Gasteiger partial charge is 0.467 e. The number of benzene rings is 1. The van der Waals surface area contributed by atoms with Gasteiger partial charge in [0.15, 0.2) is 12.6 Å². The number of aliphatic hydroxyl groups is 1. The van der Waals surface area contributed by atoms with Gasteiger partial charge in [-0.25, -0.2) is 0 Å². The Hall–Kier alpha value is -2.62. The first-order valence-electron chi connectivity index (χ1n) is 10.7. The summed E-state index contributed by atoms with van der Waals surface area (Å²) in [6, 6.07) is 5.73. The van der Waals surface area contributed by atoms with Crippen LogP contribution in [0.2, 0.25) is 0 Å². The van der Waals surface area contributed by atoms with Crippen molar-refractivity contribution in [3.63, 3.8) is 0 Å². The molecule has 0 saturated heterocycles. The van der Waals surface area contributed by atoms with Gasteiger partial charge in [0.1, 0.15) is 11.4 Å². The molecule has 2 aromatic rings. The molecule has 1 aromatic heterocycles. The molecule has 2 aliphatic carbocycles. The van der Waals surface area contributed by atoms with E-state index in [9.17, 15) is 5.11 Å². The highest BCUT2D eigenvalue weighted by Crippen LogP contribution is 2.39. The van der Waals surface area contributed by atoms with Crippen molar-refractivity contribution in [3.8, 4) is 29.4 Å². The zero-order chi connectivity index (χ0) is 21.1. The number of terminal acetylenes is 1. The van der Waals surface area contributed by atoms with E-state index in [0.717, 1.165) is 61.2 Å². The molecule has 1 saturated carbocycles. The fraction of sp³-hybridized carbons (Fsp3) is 0.500. The molecule has 0 radical (unpaired) electrons. The molecule has 0 aliphatic heterocycles. The molecule has 0 spiro atoms. The van der Waals surface area contributed by atoms with E-state index in [2.05, 4.69) is 21.4 Å². The molecule has 2 unspecified atom stereocenters. The van der Waals surface area contributed by atoms with Crippen molar-refractivity contribution < 1.29 is 14.6 Å². The van der Waals surface area contributed by atoms with E-state index >= 15 is 0 Å². The summed E-state index contributed by atoms with van der Waals surface area (Å²) in [5, 5.41) is 23.0. The van der Waals surface area contributed by atoms with Crippen LogP contribution in [-0.2, 0) is 17.6 Å². The van der Waals surface area contributed by atoms with Gasteiger partial charge in [0.2, 0.25) is 0 Å². The Bertz CT molecular complexity index is 965. The van der Waals surface area contributed by atoms with Crippen LogP contribution in [0.1, 0.15) is 56.2 Å². The van der Waals surface area contributed by atoms with E-state index in [1.807, 2.05) is 32.0 Å². The number of hydrogen-bond donors (Lipinski definition) is 2. The maximum atomic E-state index is 10.4. The van der Waals surface area contributed by atoms with E-state index in [4.69, 9.17) is 15.9 Å². The molecule has 6 nitrogen and oxygen atoms in total. The van der Waals surface area contributed by atoms with Crippen molar-refractivity contribution in [1.82, 2.24) is 10.2 Å². The van der Waals surface area contributed by atoms with Crippen LogP contribution in [0.4, 0.5) is 5.82 Å². The number of fused-ring (bicyclic) bond motifs is 1. The Balaban J connectivity index is 1.72. The van der Waals surface area contributed by atoms with Gasteiger partial charge in [-0.3, -0.25) is 0 Å². The molecule has 1 heterocycles. The van der Waals surface area contributed by atoms with Gasteiger partial charge in [-0.15, -0.1) is 16.6 Å². The van der Waals surface area contributed by atoms with E-state index in [1.165, 1.54) is 11.1 Å². The first-order valence-corrected chi connectivity index (χ1v) is 10.7. The Labute approximate surface area is 178 Å². The molecular formula is C24H29N3O3. The molecule has 158 valence electrons. The molecule has 1 fully saturated rings. The first-order chi connectivity index (χ1) is 14.5. The molecule has 1 aromatic carbocycles. The number of ether oxygens (including phenoxy) is 2. The lowest BCUT2D eigenvalue weighted by molar-refractivity contribution is -0.0287. The third kappa shape index (κ3) is 4.00. The molecule has 2 N–H and O–H groups in total. The zero-order valence-electron chi connectivity index (χ0n) is 17.7. The number of anilines is 1. The van der Waals surface area contributed by atoms with Crippen LogP contribution in [0.25, 0.3) is 11.3 Å². The number of rotatable bonds is 7. The summed E-state index contributed by atoms with van der Waals surface area (Å²) < 4.78 is 11.3. The smallest absolute Gasteiger partial charge is 0.189 e. The standard InChI is InChI=1S/C24H29N3O3/c1-4-16-10-11-19(20(14-16)30-15-29-5-2)22-17-8-6-7-9-18(17)23(27-26-22)25-21-12-13-24(21,3)28/h1,10-11,14,21,28H,5-9,12-13,15H2,2-3H3,(H,25,27). The minimum absolute atomic E-state index is 0.0173. The summed E-state index contributed by atoms with van der Waals surface area (Å²) in [4.78, 5) is 0. The Morgan fingerprint density at radius 1 is 1.27 bits per heavy atom. The third-order valence-electron chi connectivity index (χ3n) is 6.20. The summed E-state index contributed by atoms with van der Waals surface area (Å²) in [7, 11) is 0. The predicted octanol–water partition coefficient (Wildman–Crippen LogP) is 3.70. The minimum Gasteiger partial charge on any atom is -0.467 e. The molecule has 2 atom stereocenters. The van der Waals surface area contributed by atoms with Crippen molar-refractivity contribution in [2.75, 3.05) is 18.7 Å². The second-order valence-corrected chi connectivity index (χ2v) is 8.26. The number of nitrogens with zero attached hydrogens (tertiary/aromatic N) is 2. The van der Waals surface area contributed by atoms with Crippen molar-refractivity contribution in [2.24, 2.45) is 0 Å². The molecule has 0 bridgehead atoms. The van der Waals surface area contributed by atoms with E-state index < -0.39 is 5.60 Å². The Morgan fingerprint density at radius 2 is 2.07 bits per heavy atom. The fourth-order valence-corrected chi connectivity index (χ4v) is 4.20. The quantitative estimate of drug-likeness (QED) is 0.414. The van der Waals surface area contributed by atoms with Crippen LogP contribution >= 0.6 is 0 Å². The van der Waals surface area contributed by atoms with Gasteiger partial charge in [-0.2, -0.15) is 0 Å². The van der Waals surface area contributed by atoms with Crippen LogP contribution in [0, 0.1) is 12.3 Å². The van der Waals surface area contributed by atoms with E-state index in [0.29, 0.717) is 12.4 Å². The monoisotopic (exact) mass is 407 g/mol. The van der Waals surface area contributed by atoms with Crippen molar-refractivity contribution in [1.29, 1.82) is 0 Å². The van der Waals surface area contributed by atoms with Crippen LogP contribution in [0.3, 0.4) is 0 Å². The Morgan fingerprint density at radius 3 is 2.73 bits per heavy atom. The van der Waals surface area contributed by atoms with Gasteiger partial charge in [-0.1, -0.05) is 5.92 Å². The normalized spacial score (nSPS) is 22.5.